The molecule has 0 fully saturated rings. The summed E-state index contributed by atoms with van der Waals surface area (Å²) in [6, 6.07) is 32.7. The van der Waals surface area contributed by atoms with E-state index >= 15 is 0 Å². The Kier molecular flexibility index (Phi) is 27.0. The lowest BCUT2D eigenvalue weighted by atomic mass is 9.89. The Labute approximate surface area is 597 Å². The molecule has 0 heterocycles. The van der Waals surface area contributed by atoms with Gasteiger partial charge in [0.15, 0.2) is 15.5 Å². The molecule has 528 valence electrons. The lowest BCUT2D eigenvalue weighted by Gasteiger charge is -2.52. The van der Waals surface area contributed by atoms with Crippen LogP contribution in [-0.4, -0.2) is 31.2 Å². The molecule has 0 saturated heterocycles. The number of hydrogen-bond acceptors (Lipinski definition) is 2. The topological polar surface area (TPSA) is 52.0 Å². The van der Waals surface area contributed by atoms with Gasteiger partial charge < -0.3 is 10.8 Å². The van der Waals surface area contributed by atoms with E-state index in [9.17, 15) is 10.8 Å². The molecule has 4 N–H and O–H groups in total. The molecule has 6 aromatic carbocycles. The van der Waals surface area contributed by atoms with Crippen molar-refractivity contribution in [2.45, 2.75) is 356 Å². The Morgan fingerprint density at radius 1 is 0.177 bits per heavy atom. The Balaban J connectivity index is 2.48. The van der Waals surface area contributed by atoms with Crippen LogP contribution in [0.25, 0.3) is 0 Å². The highest BCUT2D eigenvalue weighted by atomic mass is 29.8. The number of benzene rings is 6. The van der Waals surface area contributed by atoms with Crippen LogP contribution in [0.5, 0.6) is 0 Å². The average molecular weight is 1360 g/mol. The maximum absolute atomic E-state index is 10.7. The molecule has 0 amide bonds. The predicted molar refractivity (Wildman–Crippen MR) is 441 cm³/mol. The summed E-state index contributed by atoms with van der Waals surface area (Å²) in [5.74, 6) is 4.33. The van der Waals surface area contributed by atoms with Gasteiger partial charge in [0.1, 0.15) is 15.7 Å². The maximum atomic E-state index is 10.7. The lowest BCUT2D eigenvalue weighted by Crippen LogP contribution is -2.95. The lowest BCUT2D eigenvalue weighted by molar-refractivity contribution is 0.807. The van der Waals surface area contributed by atoms with Gasteiger partial charge in [-0.25, -0.2) is 0 Å². The standard InChI is InChI=1S/C90H142N2Si4/c1-49(2)67-37-73(55(13)14)85(74(38-67)56(15)16)93(95(91,87-77(59(21)22)41-69(51(5)6)42-78(87)60(23)24)88-79(61(25)26)43-70(52(7)8)44-80(88)62(27)28)94(86-75(57(17)18)39-68(50(3)4)40-76(86)58(19)20)96(92,89-81(63(29)30)45-71(53(9)10)46-82(89)64(31)32)90-83(65(33)34)47-72(54(11)12)48-84(90)66(35)36/h37-66H,91-92H2,1-36H3. The zero-order valence-corrected chi connectivity index (χ0v) is 72.5. The Hall–Kier alpha value is -3.89. The Morgan fingerprint density at radius 3 is 0.375 bits per heavy atom. The van der Waals surface area contributed by atoms with Crippen molar-refractivity contribution in [3.8, 4) is 0 Å². The first-order chi connectivity index (χ1) is 44.3. The van der Waals surface area contributed by atoms with Crippen molar-refractivity contribution >= 4 is 62.3 Å². The summed E-state index contributed by atoms with van der Waals surface area (Å²) in [7, 11) is -12.8. The smallest absolute Gasteiger partial charge is 0.176 e. The molecule has 2 nitrogen and oxygen atoms in total. The molecule has 2 radical (unpaired) electrons. The number of hydrogen-bond donors (Lipinski definition) is 2. The largest absolute Gasteiger partial charge is 0.346 e. The van der Waals surface area contributed by atoms with Crippen LogP contribution >= 0.6 is 0 Å². The van der Waals surface area contributed by atoms with Crippen molar-refractivity contribution in [2.75, 3.05) is 0 Å². The minimum absolute atomic E-state index is 0.193. The van der Waals surface area contributed by atoms with E-state index in [-0.39, 0.29) is 71.0 Å². The highest BCUT2D eigenvalue weighted by Crippen LogP contribution is 2.41. The highest BCUT2D eigenvalue weighted by molar-refractivity contribution is 7.82. The maximum Gasteiger partial charge on any atom is 0.176 e. The highest BCUT2D eigenvalue weighted by Gasteiger charge is 2.63. The van der Waals surface area contributed by atoms with Gasteiger partial charge in [0.2, 0.25) is 0 Å². The zero-order valence-electron chi connectivity index (χ0n) is 68.5. The van der Waals surface area contributed by atoms with Crippen LogP contribution in [0.1, 0.15) is 456 Å². The molecule has 0 aliphatic heterocycles. The third kappa shape index (κ3) is 15.9. The van der Waals surface area contributed by atoms with E-state index < -0.39 is 31.2 Å². The molecule has 6 aromatic rings. The normalized spacial score (nSPS) is 13.3. The summed E-state index contributed by atoms with van der Waals surface area (Å²) in [6.07, 6.45) is 0. The molecule has 6 heteroatoms. The first-order valence-corrected chi connectivity index (χ1v) is 48.9. The van der Waals surface area contributed by atoms with Gasteiger partial charge in [-0.1, -0.05) is 332 Å². The van der Waals surface area contributed by atoms with Crippen LogP contribution in [0.2, 0.25) is 0 Å². The van der Waals surface area contributed by atoms with Gasteiger partial charge in [0.05, 0.1) is 0 Å². The Bertz CT molecular complexity index is 3080. The molecule has 0 aliphatic carbocycles. The predicted octanol–water partition coefficient (Wildman–Crippen LogP) is 22.7. The molecule has 96 heavy (non-hydrogen) atoms. The van der Waals surface area contributed by atoms with Crippen molar-refractivity contribution in [3.63, 3.8) is 0 Å². The second-order valence-corrected chi connectivity index (χ2v) is 57.1. The van der Waals surface area contributed by atoms with Gasteiger partial charge in [-0.15, -0.1) is 0 Å². The van der Waals surface area contributed by atoms with Crippen molar-refractivity contribution in [3.05, 3.63) is 173 Å². The molecule has 0 unspecified atom stereocenters. The molecular formula is C90H142N2Si4. The molecule has 0 bridgehead atoms. The second kappa shape index (κ2) is 32.0. The molecule has 0 aromatic heterocycles. The average Bonchev–Trinajstić information content (AvgIpc) is 0.682. The van der Waals surface area contributed by atoms with Crippen LogP contribution < -0.4 is 41.9 Å². The summed E-state index contributed by atoms with van der Waals surface area (Å²) < 4.78 is 0. The van der Waals surface area contributed by atoms with Gasteiger partial charge in [0.25, 0.3) is 0 Å². The minimum atomic E-state index is -4.02. The second-order valence-electron chi connectivity index (χ2n) is 35.6. The third-order valence-electron chi connectivity index (χ3n) is 21.9. The number of rotatable bonds is 27. The van der Waals surface area contributed by atoms with Crippen molar-refractivity contribution < 1.29 is 0 Å². The summed E-state index contributed by atoms with van der Waals surface area (Å²) >= 11 is 0. The monoisotopic (exact) mass is 1360 g/mol. The van der Waals surface area contributed by atoms with E-state index in [4.69, 9.17) is 0 Å². The Morgan fingerprint density at radius 2 is 0.281 bits per heavy atom. The summed E-state index contributed by atoms with van der Waals surface area (Å²) in [6.45, 7) is 89.8. The molecule has 0 atom stereocenters. The molecule has 6 rings (SSSR count). The fourth-order valence-electron chi connectivity index (χ4n) is 15.9. The van der Waals surface area contributed by atoms with E-state index in [1.54, 1.807) is 10.4 Å². The summed E-state index contributed by atoms with van der Waals surface area (Å²) in [4.78, 5) is 0. The van der Waals surface area contributed by atoms with E-state index in [0.29, 0.717) is 35.5 Å². The first-order valence-electron chi connectivity index (χ1n) is 38.7. The van der Waals surface area contributed by atoms with Crippen molar-refractivity contribution in [2.24, 2.45) is 10.8 Å². The van der Waals surface area contributed by atoms with Gasteiger partial charge in [-0.05, 0) is 227 Å². The molecule has 0 spiro atoms. The third-order valence-corrected chi connectivity index (χ3v) is 57.7. The summed E-state index contributed by atoms with van der Waals surface area (Å²) in [5.41, 5.74) is 26.5. The van der Waals surface area contributed by atoms with Gasteiger partial charge in [0, 0.05) is 0 Å². The first kappa shape index (κ1) is 81.1. The SMILES string of the molecule is CC(C)c1cc(C(C)C)c([Si]([Si](c2c(C(C)C)cc(C(C)C)cc2C(C)C)[Si](N)(c2c(C(C)C)cc(C(C)C)cc2C(C)C)c2c(C(C)C)cc(C(C)C)cc2C(C)C)[Si](N)(c2c(C(C)C)cc(C(C)C)cc2C(C)C)c2c(C(C)C)cc(C(C)C)cc2C(C)C)c(C(C)C)c1. The van der Waals surface area contributed by atoms with E-state index in [0.717, 1.165) is 0 Å². The summed E-state index contributed by atoms with van der Waals surface area (Å²) in [5, 5.41) is 30.8. The van der Waals surface area contributed by atoms with Gasteiger partial charge in [-0.3, -0.25) is 0 Å². The minimum Gasteiger partial charge on any atom is -0.346 e. The van der Waals surface area contributed by atoms with Crippen LogP contribution in [0.15, 0.2) is 72.8 Å². The zero-order chi connectivity index (χ0) is 72.9. The van der Waals surface area contributed by atoms with Crippen LogP contribution in [0.3, 0.4) is 0 Å². The van der Waals surface area contributed by atoms with Gasteiger partial charge in [-0.2, -0.15) is 0 Å². The molecular weight excluding hydrogens is 1220 g/mol. The molecule has 0 aliphatic rings. The van der Waals surface area contributed by atoms with Crippen molar-refractivity contribution in [1.29, 1.82) is 0 Å². The fraction of sp³-hybridized carbons (Fsp3) is 0.600. The van der Waals surface area contributed by atoms with E-state index in [2.05, 4.69) is 322 Å². The van der Waals surface area contributed by atoms with Crippen LogP contribution in [-0.2, 0) is 0 Å². The van der Waals surface area contributed by atoms with E-state index in [1.807, 2.05) is 0 Å². The van der Waals surface area contributed by atoms with E-state index in [1.165, 1.54) is 121 Å². The van der Waals surface area contributed by atoms with Crippen molar-refractivity contribution in [1.82, 2.24) is 0 Å². The van der Waals surface area contributed by atoms with Crippen LogP contribution in [0.4, 0.5) is 0 Å². The molecule has 0 saturated carbocycles. The quantitative estimate of drug-likeness (QED) is 0.0505. The number of nitrogens with two attached hydrogens (primary N) is 2. The van der Waals surface area contributed by atoms with Crippen LogP contribution in [0, 0.1) is 0 Å². The van der Waals surface area contributed by atoms with Gasteiger partial charge >= 0.3 is 0 Å². The fourth-order valence-corrected chi connectivity index (χ4v) is 69.3.